The van der Waals surface area contributed by atoms with E-state index in [-0.39, 0.29) is 11.4 Å². The molecule has 27 heavy (non-hydrogen) atoms. The van der Waals surface area contributed by atoms with Gasteiger partial charge in [0.2, 0.25) is 0 Å². The Bertz CT molecular complexity index is 1030. The molecule has 2 aromatic carbocycles. The van der Waals surface area contributed by atoms with Crippen molar-refractivity contribution in [2.75, 3.05) is 6.54 Å². The minimum absolute atomic E-state index is 0.0890. The Morgan fingerprint density at radius 3 is 2.48 bits per heavy atom. The second-order valence-corrected chi connectivity index (χ2v) is 8.42. The molecule has 1 amide bonds. The van der Waals surface area contributed by atoms with Gasteiger partial charge in [0.1, 0.15) is 5.25 Å². The van der Waals surface area contributed by atoms with E-state index in [9.17, 15) is 13.2 Å². The summed E-state index contributed by atoms with van der Waals surface area (Å²) in [6.07, 6.45) is 3.07. The zero-order valence-electron chi connectivity index (χ0n) is 14.2. The second kappa shape index (κ2) is 8.33. The van der Waals surface area contributed by atoms with E-state index < -0.39 is 21.0 Å². The van der Waals surface area contributed by atoms with Crippen molar-refractivity contribution < 1.29 is 13.2 Å². The maximum absolute atomic E-state index is 13.1. The van der Waals surface area contributed by atoms with Gasteiger partial charge in [-0.3, -0.25) is 9.78 Å². The highest BCUT2D eigenvalue weighted by Crippen LogP contribution is 2.28. The Morgan fingerprint density at radius 1 is 1.04 bits per heavy atom. The molecular weight excluding hydrogens is 384 g/mol. The molecule has 0 fully saturated rings. The van der Waals surface area contributed by atoms with E-state index >= 15 is 0 Å². The van der Waals surface area contributed by atoms with E-state index in [1.54, 1.807) is 54.7 Å². The van der Waals surface area contributed by atoms with Gasteiger partial charge in [0.15, 0.2) is 9.84 Å². The summed E-state index contributed by atoms with van der Waals surface area (Å²) in [5, 5.41) is 2.17. The summed E-state index contributed by atoms with van der Waals surface area (Å²) in [5.74, 6) is -0.394. The molecule has 1 N–H and O–H groups in total. The lowest BCUT2D eigenvalue weighted by Gasteiger charge is -2.19. The van der Waals surface area contributed by atoms with Crippen LogP contribution in [0, 0.1) is 0 Å². The Labute approximate surface area is 163 Å². The molecule has 0 spiro atoms. The van der Waals surface area contributed by atoms with Crippen molar-refractivity contribution in [3.63, 3.8) is 0 Å². The smallest absolute Gasteiger partial charge is 0.251 e. The predicted octanol–water partition coefficient (Wildman–Crippen LogP) is 3.68. The third-order valence-corrected chi connectivity index (χ3v) is 6.39. The molecule has 0 radical (unpaired) electrons. The summed E-state index contributed by atoms with van der Waals surface area (Å²) in [5.41, 5.74) is 0.872. The quantitative estimate of drug-likeness (QED) is 0.684. The summed E-state index contributed by atoms with van der Waals surface area (Å²) in [6, 6.07) is 18.0. The van der Waals surface area contributed by atoms with Gasteiger partial charge in [-0.1, -0.05) is 41.9 Å². The van der Waals surface area contributed by atoms with Crippen molar-refractivity contribution in [3.05, 3.63) is 95.3 Å². The molecule has 5 nitrogen and oxygen atoms in total. The minimum atomic E-state index is -3.72. The van der Waals surface area contributed by atoms with E-state index in [0.29, 0.717) is 16.1 Å². The van der Waals surface area contributed by atoms with E-state index in [4.69, 9.17) is 11.6 Å². The molecule has 3 aromatic rings. The van der Waals surface area contributed by atoms with Crippen LogP contribution >= 0.6 is 11.6 Å². The van der Waals surface area contributed by atoms with Gasteiger partial charge in [-0.25, -0.2) is 8.42 Å². The van der Waals surface area contributed by atoms with Gasteiger partial charge in [0.25, 0.3) is 5.91 Å². The number of aromatic nitrogens is 1. The monoisotopic (exact) mass is 400 g/mol. The van der Waals surface area contributed by atoms with Crippen molar-refractivity contribution in [2.24, 2.45) is 0 Å². The Balaban J connectivity index is 1.89. The minimum Gasteiger partial charge on any atom is -0.350 e. The van der Waals surface area contributed by atoms with Crippen LogP contribution in [0.25, 0.3) is 0 Å². The summed E-state index contributed by atoms with van der Waals surface area (Å²) in [6.45, 7) is -0.0890. The van der Waals surface area contributed by atoms with Gasteiger partial charge in [-0.15, -0.1) is 0 Å². The number of nitrogens with zero attached hydrogens (tertiary/aromatic N) is 1. The number of halogens is 1. The van der Waals surface area contributed by atoms with Crippen LogP contribution in [0.4, 0.5) is 0 Å². The topological polar surface area (TPSA) is 76.1 Å². The molecule has 0 aliphatic heterocycles. The summed E-state index contributed by atoms with van der Waals surface area (Å²) >= 11 is 5.92. The largest absolute Gasteiger partial charge is 0.350 e. The molecule has 3 rings (SSSR count). The number of pyridine rings is 1. The van der Waals surface area contributed by atoms with Crippen molar-refractivity contribution in [2.45, 2.75) is 10.1 Å². The molecule has 0 saturated heterocycles. The number of rotatable bonds is 6. The predicted molar refractivity (Wildman–Crippen MR) is 104 cm³/mol. The van der Waals surface area contributed by atoms with Gasteiger partial charge in [-0.05, 0) is 42.0 Å². The fraction of sp³-hybridized carbons (Fsp3) is 0.100. The number of nitrogens with one attached hydrogen (secondary N) is 1. The van der Waals surface area contributed by atoms with Crippen LogP contribution in [-0.2, 0) is 9.84 Å². The van der Waals surface area contributed by atoms with Crippen LogP contribution in [0.5, 0.6) is 0 Å². The zero-order valence-corrected chi connectivity index (χ0v) is 15.8. The standard InChI is InChI=1S/C20H17ClN2O3S/c21-17-8-4-6-15(12-17)20(24)23-14-19(16-7-5-11-22-13-16)27(25,26)18-9-2-1-3-10-18/h1-13,19H,14H2,(H,23,24)/t19-/m1/s1. The molecule has 0 saturated carbocycles. The molecule has 7 heteroatoms. The molecule has 1 heterocycles. The lowest BCUT2D eigenvalue weighted by atomic mass is 10.2. The zero-order chi connectivity index (χ0) is 19.3. The molecule has 0 bridgehead atoms. The number of amides is 1. The first kappa shape index (κ1) is 19.1. The highest BCUT2D eigenvalue weighted by atomic mass is 35.5. The maximum atomic E-state index is 13.1. The van der Waals surface area contributed by atoms with Crippen molar-refractivity contribution in [1.29, 1.82) is 0 Å². The fourth-order valence-corrected chi connectivity index (χ4v) is 4.52. The lowest BCUT2D eigenvalue weighted by molar-refractivity contribution is 0.0953. The van der Waals surface area contributed by atoms with E-state index in [1.165, 1.54) is 24.4 Å². The van der Waals surface area contributed by atoms with E-state index in [2.05, 4.69) is 10.3 Å². The highest BCUT2D eigenvalue weighted by Gasteiger charge is 2.29. The molecule has 1 aromatic heterocycles. The lowest BCUT2D eigenvalue weighted by Crippen LogP contribution is -2.32. The molecule has 0 aliphatic rings. The Morgan fingerprint density at radius 2 is 1.81 bits per heavy atom. The number of hydrogen-bond donors (Lipinski definition) is 1. The Hall–Kier alpha value is -2.70. The van der Waals surface area contributed by atoms with Gasteiger partial charge >= 0.3 is 0 Å². The molecule has 0 unspecified atom stereocenters. The van der Waals surface area contributed by atoms with Crippen LogP contribution < -0.4 is 5.32 Å². The second-order valence-electron chi connectivity index (χ2n) is 5.85. The van der Waals surface area contributed by atoms with Crippen LogP contribution in [0.1, 0.15) is 21.2 Å². The average Bonchev–Trinajstić information content (AvgIpc) is 2.69. The van der Waals surface area contributed by atoms with Crippen LogP contribution in [0.3, 0.4) is 0 Å². The fourth-order valence-electron chi connectivity index (χ4n) is 2.66. The summed E-state index contributed by atoms with van der Waals surface area (Å²) in [7, 11) is -3.72. The van der Waals surface area contributed by atoms with E-state index in [1.807, 2.05) is 0 Å². The number of carbonyl (C=O) groups excluding carboxylic acids is 1. The first-order valence-corrected chi connectivity index (χ1v) is 10.1. The SMILES string of the molecule is O=C(NC[C@H](c1cccnc1)S(=O)(=O)c1ccccc1)c1cccc(Cl)c1. The normalized spacial score (nSPS) is 12.3. The van der Waals surface area contributed by atoms with Crippen molar-refractivity contribution >= 4 is 27.3 Å². The molecule has 0 aliphatic carbocycles. The van der Waals surface area contributed by atoms with Crippen LogP contribution in [-0.4, -0.2) is 25.9 Å². The maximum Gasteiger partial charge on any atom is 0.251 e. The van der Waals surface area contributed by atoms with Crippen molar-refractivity contribution in [1.82, 2.24) is 10.3 Å². The number of hydrogen-bond acceptors (Lipinski definition) is 4. The molecule has 138 valence electrons. The van der Waals surface area contributed by atoms with Gasteiger partial charge in [0, 0.05) is 29.5 Å². The highest BCUT2D eigenvalue weighted by molar-refractivity contribution is 7.91. The number of carbonyl (C=O) groups is 1. The molecule has 1 atom stereocenters. The van der Waals surface area contributed by atoms with Gasteiger partial charge in [0.05, 0.1) is 4.90 Å². The van der Waals surface area contributed by atoms with Crippen molar-refractivity contribution in [3.8, 4) is 0 Å². The summed E-state index contributed by atoms with van der Waals surface area (Å²) < 4.78 is 26.3. The number of benzene rings is 2. The third-order valence-electron chi connectivity index (χ3n) is 4.04. The first-order valence-electron chi connectivity index (χ1n) is 8.21. The van der Waals surface area contributed by atoms with Crippen LogP contribution in [0.2, 0.25) is 5.02 Å². The average molecular weight is 401 g/mol. The molecular formula is C20H17ClN2O3S. The first-order chi connectivity index (χ1) is 13.0. The van der Waals surface area contributed by atoms with Gasteiger partial charge < -0.3 is 5.32 Å². The summed E-state index contributed by atoms with van der Waals surface area (Å²) in [4.78, 5) is 16.6. The van der Waals surface area contributed by atoms with E-state index in [0.717, 1.165) is 0 Å². The van der Waals surface area contributed by atoms with Gasteiger partial charge in [-0.2, -0.15) is 0 Å². The third kappa shape index (κ3) is 4.53. The number of sulfone groups is 1. The van der Waals surface area contributed by atoms with Crippen LogP contribution in [0.15, 0.2) is 84.0 Å². The Kier molecular flexibility index (Phi) is 5.88.